The molecule has 0 radical (unpaired) electrons. The van der Waals surface area contributed by atoms with Crippen molar-refractivity contribution in [3.63, 3.8) is 0 Å². The van der Waals surface area contributed by atoms with Crippen molar-refractivity contribution in [1.82, 2.24) is 10.3 Å². The van der Waals surface area contributed by atoms with Crippen LogP contribution in [0, 0.1) is 0 Å². The fraction of sp³-hybridized carbons (Fsp3) is 0.273. The molecule has 1 aromatic heterocycles. The number of carbonyl (C=O) groups excluding carboxylic acids is 1. The van der Waals surface area contributed by atoms with Gasteiger partial charge >= 0.3 is 5.97 Å². The first-order valence-corrected chi connectivity index (χ1v) is 5.12. The second-order valence-corrected chi connectivity index (χ2v) is 3.41. The highest BCUT2D eigenvalue weighted by Crippen LogP contribution is 2.16. The van der Waals surface area contributed by atoms with Gasteiger partial charge in [-0.3, -0.25) is 0 Å². The van der Waals surface area contributed by atoms with E-state index in [1.807, 2.05) is 13.1 Å². The number of pyridine rings is 1. The van der Waals surface area contributed by atoms with E-state index in [2.05, 4.69) is 15.0 Å². The number of aromatic nitrogens is 1. The zero-order valence-electron chi connectivity index (χ0n) is 9.16. The fourth-order valence-corrected chi connectivity index (χ4v) is 1.28. The first kappa shape index (κ1) is 12.7. The predicted molar refractivity (Wildman–Crippen MR) is 63.5 cm³/mol. The molecular formula is C11H13ClN2O2. The molecular weight excluding hydrogens is 228 g/mol. The Bertz CT molecular complexity index is 405. The van der Waals surface area contributed by atoms with Gasteiger partial charge in [0.25, 0.3) is 0 Å². The number of methoxy groups -OCH3 is 1. The van der Waals surface area contributed by atoms with Crippen LogP contribution in [-0.4, -0.2) is 31.7 Å². The number of hydrogen-bond donors (Lipinski definition) is 1. The Balaban J connectivity index is 2.94. The highest BCUT2D eigenvalue weighted by Gasteiger charge is 2.08. The SMILES string of the molecule is CNCC=Cc1cc(C(=O)OC)cnc1Cl. The minimum absolute atomic E-state index is 0.361. The highest BCUT2D eigenvalue weighted by atomic mass is 35.5. The first-order chi connectivity index (χ1) is 7.69. The number of rotatable bonds is 4. The Kier molecular flexibility index (Phi) is 4.95. The number of likely N-dealkylation sites (N-methyl/N-ethyl adjacent to an activating group) is 1. The Labute approximate surface area is 99.3 Å². The predicted octanol–water partition coefficient (Wildman–Crippen LogP) is 1.75. The third kappa shape index (κ3) is 3.32. The van der Waals surface area contributed by atoms with Gasteiger partial charge in [-0.25, -0.2) is 9.78 Å². The van der Waals surface area contributed by atoms with Gasteiger partial charge in [0, 0.05) is 18.3 Å². The van der Waals surface area contributed by atoms with E-state index in [4.69, 9.17) is 11.6 Å². The second-order valence-electron chi connectivity index (χ2n) is 3.06. The average Bonchev–Trinajstić information content (AvgIpc) is 2.31. The van der Waals surface area contributed by atoms with Crippen LogP contribution in [0.15, 0.2) is 18.3 Å². The molecule has 16 heavy (non-hydrogen) atoms. The number of nitrogens with one attached hydrogen (secondary N) is 1. The molecule has 0 amide bonds. The summed E-state index contributed by atoms with van der Waals surface area (Å²) in [6.45, 7) is 0.721. The van der Waals surface area contributed by atoms with Crippen LogP contribution in [0.1, 0.15) is 15.9 Å². The topological polar surface area (TPSA) is 51.2 Å². The maximum absolute atomic E-state index is 11.3. The molecule has 1 heterocycles. The molecule has 1 N–H and O–H groups in total. The standard InChI is InChI=1S/C11H13ClN2O2/c1-13-5-3-4-8-6-9(11(15)16-2)7-14-10(8)12/h3-4,6-7,13H,5H2,1-2H3. The molecule has 0 aliphatic carbocycles. The van der Waals surface area contributed by atoms with E-state index in [9.17, 15) is 4.79 Å². The number of esters is 1. The first-order valence-electron chi connectivity index (χ1n) is 4.74. The second kappa shape index (κ2) is 6.25. The molecule has 0 saturated carbocycles. The molecule has 0 bridgehead atoms. The smallest absolute Gasteiger partial charge is 0.339 e. The van der Waals surface area contributed by atoms with Crippen LogP contribution in [0.25, 0.3) is 6.08 Å². The van der Waals surface area contributed by atoms with Gasteiger partial charge in [0.2, 0.25) is 0 Å². The van der Waals surface area contributed by atoms with Gasteiger partial charge in [0.1, 0.15) is 5.15 Å². The van der Waals surface area contributed by atoms with Crippen molar-refractivity contribution in [2.75, 3.05) is 20.7 Å². The van der Waals surface area contributed by atoms with Crippen LogP contribution in [0.4, 0.5) is 0 Å². The molecule has 0 aromatic carbocycles. The van der Waals surface area contributed by atoms with Gasteiger partial charge in [-0.1, -0.05) is 23.8 Å². The molecule has 0 aliphatic rings. The summed E-state index contributed by atoms with van der Waals surface area (Å²) in [5, 5.41) is 3.33. The molecule has 0 atom stereocenters. The maximum atomic E-state index is 11.3. The summed E-state index contributed by atoms with van der Waals surface area (Å²) in [4.78, 5) is 15.2. The Hall–Kier alpha value is -1.39. The number of ether oxygens (including phenoxy) is 1. The van der Waals surface area contributed by atoms with Gasteiger partial charge in [0.15, 0.2) is 0 Å². The van der Waals surface area contributed by atoms with Gasteiger partial charge in [-0.15, -0.1) is 0 Å². The number of carbonyl (C=O) groups is 1. The van der Waals surface area contributed by atoms with E-state index in [-0.39, 0.29) is 0 Å². The van der Waals surface area contributed by atoms with Crippen molar-refractivity contribution in [1.29, 1.82) is 0 Å². The minimum Gasteiger partial charge on any atom is -0.465 e. The molecule has 0 saturated heterocycles. The average molecular weight is 241 g/mol. The minimum atomic E-state index is -0.424. The Morgan fingerprint density at radius 1 is 1.69 bits per heavy atom. The lowest BCUT2D eigenvalue weighted by Crippen LogP contribution is -2.04. The molecule has 5 heteroatoms. The maximum Gasteiger partial charge on any atom is 0.339 e. The van der Waals surface area contributed by atoms with E-state index in [0.29, 0.717) is 16.3 Å². The van der Waals surface area contributed by atoms with Crippen molar-refractivity contribution >= 4 is 23.6 Å². The van der Waals surface area contributed by atoms with E-state index >= 15 is 0 Å². The van der Waals surface area contributed by atoms with Gasteiger partial charge in [-0.05, 0) is 13.1 Å². The summed E-state index contributed by atoms with van der Waals surface area (Å²) >= 11 is 5.89. The molecule has 0 unspecified atom stereocenters. The van der Waals surface area contributed by atoms with E-state index < -0.39 is 5.97 Å². The van der Waals surface area contributed by atoms with Crippen LogP contribution in [0.3, 0.4) is 0 Å². The zero-order chi connectivity index (χ0) is 12.0. The highest BCUT2D eigenvalue weighted by molar-refractivity contribution is 6.30. The van der Waals surface area contributed by atoms with Crippen molar-refractivity contribution in [3.05, 3.63) is 34.6 Å². The molecule has 0 fully saturated rings. The van der Waals surface area contributed by atoms with E-state index in [1.165, 1.54) is 13.3 Å². The summed E-state index contributed by atoms with van der Waals surface area (Å²) in [7, 11) is 3.17. The lowest BCUT2D eigenvalue weighted by molar-refractivity contribution is 0.0600. The van der Waals surface area contributed by atoms with E-state index in [1.54, 1.807) is 12.1 Å². The Morgan fingerprint density at radius 2 is 2.44 bits per heavy atom. The van der Waals surface area contributed by atoms with Crippen molar-refractivity contribution in [2.24, 2.45) is 0 Å². The monoisotopic (exact) mass is 240 g/mol. The lowest BCUT2D eigenvalue weighted by atomic mass is 10.2. The summed E-state index contributed by atoms with van der Waals surface area (Å²) < 4.78 is 4.60. The van der Waals surface area contributed by atoms with Crippen LogP contribution < -0.4 is 5.32 Å². The molecule has 4 nitrogen and oxygen atoms in total. The molecule has 0 spiro atoms. The fourth-order valence-electron chi connectivity index (χ4n) is 1.12. The van der Waals surface area contributed by atoms with Crippen molar-refractivity contribution in [2.45, 2.75) is 0 Å². The summed E-state index contributed by atoms with van der Waals surface area (Å²) in [6.07, 6.45) is 5.09. The number of hydrogen-bond acceptors (Lipinski definition) is 4. The largest absolute Gasteiger partial charge is 0.465 e. The van der Waals surface area contributed by atoms with Crippen LogP contribution in [0.2, 0.25) is 5.15 Å². The molecule has 1 aromatic rings. The lowest BCUT2D eigenvalue weighted by Gasteiger charge is -2.02. The summed E-state index contributed by atoms with van der Waals surface area (Å²) in [6, 6.07) is 1.65. The molecule has 86 valence electrons. The van der Waals surface area contributed by atoms with Crippen LogP contribution in [0.5, 0.6) is 0 Å². The molecule has 0 aliphatic heterocycles. The van der Waals surface area contributed by atoms with E-state index in [0.717, 1.165) is 6.54 Å². The van der Waals surface area contributed by atoms with Crippen LogP contribution >= 0.6 is 11.6 Å². The van der Waals surface area contributed by atoms with Gasteiger partial charge in [-0.2, -0.15) is 0 Å². The van der Waals surface area contributed by atoms with Crippen LogP contribution in [-0.2, 0) is 4.74 Å². The molecule has 1 rings (SSSR count). The zero-order valence-corrected chi connectivity index (χ0v) is 9.91. The summed E-state index contributed by atoms with van der Waals surface area (Å²) in [5.41, 5.74) is 1.08. The number of halogens is 1. The van der Waals surface area contributed by atoms with Gasteiger partial charge < -0.3 is 10.1 Å². The van der Waals surface area contributed by atoms with Gasteiger partial charge in [0.05, 0.1) is 12.7 Å². The normalized spacial score (nSPS) is 10.7. The van der Waals surface area contributed by atoms with Crippen molar-refractivity contribution < 1.29 is 9.53 Å². The van der Waals surface area contributed by atoms with Crippen molar-refractivity contribution in [3.8, 4) is 0 Å². The number of nitrogens with zero attached hydrogens (tertiary/aromatic N) is 1. The quantitative estimate of drug-likeness (QED) is 0.644. The third-order valence-electron chi connectivity index (χ3n) is 1.91. The summed E-state index contributed by atoms with van der Waals surface area (Å²) in [5.74, 6) is -0.424. The Morgan fingerprint density at radius 3 is 3.06 bits per heavy atom. The third-order valence-corrected chi connectivity index (χ3v) is 2.22.